The van der Waals surface area contributed by atoms with Crippen LogP contribution in [0.4, 0.5) is 0 Å². The van der Waals surface area contributed by atoms with Gasteiger partial charge in [-0.25, -0.2) is 0 Å². The zero-order valence-corrected chi connectivity index (χ0v) is 13.0. The predicted octanol–water partition coefficient (Wildman–Crippen LogP) is 2.07. The van der Waals surface area contributed by atoms with Gasteiger partial charge in [0.2, 0.25) is 5.91 Å². The van der Waals surface area contributed by atoms with Crippen LogP contribution in [0.2, 0.25) is 0 Å². The van der Waals surface area contributed by atoms with Crippen LogP contribution in [0.1, 0.15) is 40.0 Å². The largest absolute Gasteiger partial charge is 0.383 e. The summed E-state index contributed by atoms with van der Waals surface area (Å²) in [7, 11) is 1.66. The monoisotopic (exact) mass is 280 g/mol. The Morgan fingerprint density at radius 1 is 1.33 bits per heavy atom. The van der Waals surface area contributed by atoms with Crippen LogP contribution in [0.5, 0.6) is 0 Å². The van der Waals surface area contributed by atoms with Crippen molar-refractivity contribution in [1.29, 1.82) is 0 Å². The number of nitrogens with one attached hydrogen (secondary N) is 1. The fraction of sp³-hybridized carbons (Fsp3) is 0.923. The number of unbranched alkanes of at least 4 members (excludes halogenated alkanes) is 2. The first kappa shape index (κ1) is 20.0. The van der Waals surface area contributed by atoms with E-state index in [0.29, 0.717) is 13.2 Å². The molecule has 5 heteroatoms. The van der Waals surface area contributed by atoms with E-state index in [9.17, 15) is 4.79 Å². The number of carbonyl (C=O) groups is 1. The molecule has 0 saturated heterocycles. The van der Waals surface area contributed by atoms with Crippen LogP contribution in [0.3, 0.4) is 0 Å². The van der Waals surface area contributed by atoms with Crippen molar-refractivity contribution in [2.24, 2.45) is 0 Å². The maximum atomic E-state index is 12.0. The number of amides is 1. The van der Waals surface area contributed by atoms with Gasteiger partial charge in [0.15, 0.2) is 0 Å². The number of rotatable bonds is 10. The second-order valence-corrected chi connectivity index (χ2v) is 4.56. The fourth-order valence-corrected chi connectivity index (χ4v) is 1.67. The van der Waals surface area contributed by atoms with Crippen molar-refractivity contribution < 1.29 is 9.53 Å². The fourth-order valence-electron chi connectivity index (χ4n) is 1.67. The SMILES string of the molecule is CCCCCN(C(=O)CNCCOC)C(C)C.Cl. The maximum Gasteiger partial charge on any atom is 0.236 e. The van der Waals surface area contributed by atoms with Crippen LogP contribution in [0.25, 0.3) is 0 Å². The Morgan fingerprint density at radius 3 is 2.50 bits per heavy atom. The Hall–Kier alpha value is -0.320. The van der Waals surface area contributed by atoms with E-state index in [0.717, 1.165) is 19.5 Å². The lowest BCUT2D eigenvalue weighted by Gasteiger charge is -2.27. The summed E-state index contributed by atoms with van der Waals surface area (Å²) in [5, 5.41) is 3.10. The first-order chi connectivity index (χ1) is 8.13. The highest BCUT2D eigenvalue weighted by molar-refractivity contribution is 5.85. The van der Waals surface area contributed by atoms with Crippen molar-refractivity contribution >= 4 is 18.3 Å². The Morgan fingerprint density at radius 2 is 2.00 bits per heavy atom. The third-order valence-electron chi connectivity index (χ3n) is 2.71. The molecule has 1 amide bonds. The van der Waals surface area contributed by atoms with Crippen molar-refractivity contribution in [3.8, 4) is 0 Å². The Labute approximate surface area is 118 Å². The van der Waals surface area contributed by atoms with Gasteiger partial charge in [-0.2, -0.15) is 0 Å². The molecule has 0 aliphatic rings. The van der Waals surface area contributed by atoms with Gasteiger partial charge in [-0.1, -0.05) is 19.8 Å². The summed E-state index contributed by atoms with van der Waals surface area (Å²) in [6.45, 7) is 8.96. The average molecular weight is 281 g/mol. The van der Waals surface area contributed by atoms with Crippen molar-refractivity contribution in [1.82, 2.24) is 10.2 Å². The molecule has 0 rings (SSSR count). The van der Waals surface area contributed by atoms with Gasteiger partial charge in [-0.05, 0) is 20.3 Å². The summed E-state index contributed by atoms with van der Waals surface area (Å²) < 4.78 is 4.92. The minimum atomic E-state index is 0. The molecule has 1 N–H and O–H groups in total. The number of ether oxygens (including phenoxy) is 1. The zero-order chi connectivity index (χ0) is 13.1. The molecule has 0 aliphatic heterocycles. The van der Waals surface area contributed by atoms with E-state index in [1.807, 2.05) is 4.90 Å². The first-order valence-electron chi connectivity index (χ1n) is 6.62. The summed E-state index contributed by atoms with van der Waals surface area (Å²) in [6, 6.07) is 0.281. The van der Waals surface area contributed by atoms with Gasteiger partial charge in [0.05, 0.1) is 13.2 Å². The lowest BCUT2D eigenvalue weighted by molar-refractivity contribution is -0.132. The molecular formula is C13H29ClN2O2. The number of methoxy groups -OCH3 is 1. The maximum absolute atomic E-state index is 12.0. The summed E-state index contributed by atoms with van der Waals surface area (Å²) >= 11 is 0. The van der Waals surface area contributed by atoms with E-state index in [1.54, 1.807) is 7.11 Å². The highest BCUT2D eigenvalue weighted by Crippen LogP contribution is 2.03. The first-order valence-corrected chi connectivity index (χ1v) is 6.62. The molecule has 0 saturated carbocycles. The molecule has 0 heterocycles. The van der Waals surface area contributed by atoms with Crippen LogP contribution in [-0.4, -0.2) is 50.2 Å². The number of nitrogens with zero attached hydrogens (tertiary/aromatic N) is 1. The van der Waals surface area contributed by atoms with Crippen molar-refractivity contribution in [3.05, 3.63) is 0 Å². The van der Waals surface area contributed by atoms with Crippen molar-refractivity contribution in [2.45, 2.75) is 46.1 Å². The van der Waals surface area contributed by atoms with E-state index in [1.165, 1.54) is 12.8 Å². The normalized spacial score (nSPS) is 10.3. The molecule has 0 bridgehead atoms. The molecule has 0 aliphatic carbocycles. The molecule has 18 heavy (non-hydrogen) atoms. The summed E-state index contributed by atoms with van der Waals surface area (Å²) in [4.78, 5) is 13.9. The molecule has 4 nitrogen and oxygen atoms in total. The molecule has 0 spiro atoms. The van der Waals surface area contributed by atoms with Gasteiger partial charge in [-0.15, -0.1) is 12.4 Å². The molecule has 0 aromatic rings. The molecule has 0 radical (unpaired) electrons. The second-order valence-electron chi connectivity index (χ2n) is 4.56. The van der Waals surface area contributed by atoms with Gasteiger partial charge in [-0.3, -0.25) is 4.79 Å². The molecular weight excluding hydrogens is 252 g/mol. The Bertz CT molecular complexity index is 201. The van der Waals surface area contributed by atoms with E-state index in [2.05, 4.69) is 26.1 Å². The van der Waals surface area contributed by atoms with E-state index in [-0.39, 0.29) is 24.4 Å². The minimum absolute atomic E-state index is 0. The highest BCUT2D eigenvalue weighted by atomic mass is 35.5. The van der Waals surface area contributed by atoms with Crippen LogP contribution in [0.15, 0.2) is 0 Å². The molecule has 0 aromatic heterocycles. The van der Waals surface area contributed by atoms with E-state index >= 15 is 0 Å². The minimum Gasteiger partial charge on any atom is -0.383 e. The Balaban J connectivity index is 0. The zero-order valence-electron chi connectivity index (χ0n) is 12.2. The van der Waals surface area contributed by atoms with Crippen LogP contribution >= 0.6 is 12.4 Å². The Kier molecular flexibility index (Phi) is 14.6. The van der Waals surface area contributed by atoms with Gasteiger partial charge in [0.1, 0.15) is 0 Å². The van der Waals surface area contributed by atoms with Crippen molar-refractivity contribution in [2.75, 3.05) is 33.4 Å². The average Bonchev–Trinajstić information content (AvgIpc) is 2.29. The van der Waals surface area contributed by atoms with Crippen molar-refractivity contribution in [3.63, 3.8) is 0 Å². The second kappa shape index (κ2) is 13.1. The van der Waals surface area contributed by atoms with E-state index < -0.39 is 0 Å². The standard InChI is InChI=1S/C13H28N2O2.ClH/c1-5-6-7-9-15(12(2)3)13(16)11-14-8-10-17-4;/h12,14H,5-11H2,1-4H3;1H. The smallest absolute Gasteiger partial charge is 0.236 e. The van der Waals surface area contributed by atoms with E-state index in [4.69, 9.17) is 4.74 Å². The predicted molar refractivity (Wildman–Crippen MR) is 78.4 cm³/mol. The lowest BCUT2D eigenvalue weighted by Crippen LogP contribution is -2.43. The van der Waals surface area contributed by atoms with Crippen LogP contribution in [-0.2, 0) is 9.53 Å². The number of halogens is 1. The number of carbonyl (C=O) groups excluding carboxylic acids is 1. The van der Waals surface area contributed by atoms with Gasteiger partial charge in [0.25, 0.3) is 0 Å². The molecule has 110 valence electrons. The third-order valence-corrected chi connectivity index (χ3v) is 2.71. The highest BCUT2D eigenvalue weighted by Gasteiger charge is 2.15. The lowest BCUT2D eigenvalue weighted by atomic mass is 10.2. The van der Waals surface area contributed by atoms with Crippen LogP contribution < -0.4 is 5.32 Å². The van der Waals surface area contributed by atoms with Gasteiger partial charge in [0, 0.05) is 26.2 Å². The quantitative estimate of drug-likeness (QED) is 0.623. The number of hydrogen-bond acceptors (Lipinski definition) is 3. The van der Waals surface area contributed by atoms with Gasteiger partial charge < -0.3 is 15.0 Å². The molecule has 0 aromatic carbocycles. The van der Waals surface area contributed by atoms with Crippen LogP contribution in [0, 0.1) is 0 Å². The molecule has 0 atom stereocenters. The van der Waals surface area contributed by atoms with Gasteiger partial charge >= 0.3 is 0 Å². The summed E-state index contributed by atoms with van der Waals surface area (Å²) in [6.07, 6.45) is 3.47. The number of hydrogen-bond donors (Lipinski definition) is 1. The third kappa shape index (κ3) is 9.68. The summed E-state index contributed by atoms with van der Waals surface area (Å²) in [5.74, 6) is 0.187. The summed E-state index contributed by atoms with van der Waals surface area (Å²) in [5.41, 5.74) is 0. The molecule has 0 unspecified atom stereocenters. The topological polar surface area (TPSA) is 41.6 Å². The molecule has 0 fully saturated rings.